The molecule has 1 aromatic carbocycles. The van der Waals surface area contributed by atoms with Gasteiger partial charge in [0.1, 0.15) is 17.6 Å². The Balaban J connectivity index is 1.45. The average Bonchev–Trinajstić information content (AvgIpc) is 3.34. The van der Waals surface area contributed by atoms with E-state index in [1.807, 2.05) is 30.0 Å². The first kappa shape index (κ1) is 28.0. The van der Waals surface area contributed by atoms with Gasteiger partial charge in [0.15, 0.2) is 5.82 Å². The minimum Gasteiger partial charge on any atom is -0.467 e. The molecule has 2 aromatic heterocycles. The Hall–Kier alpha value is -3.51. The summed E-state index contributed by atoms with van der Waals surface area (Å²) < 4.78 is 33.7. The lowest BCUT2D eigenvalue weighted by Crippen LogP contribution is -2.46. The molecule has 0 saturated carbocycles. The van der Waals surface area contributed by atoms with Crippen LogP contribution >= 0.6 is 0 Å². The molecule has 12 heteroatoms. The fourth-order valence-corrected chi connectivity index (χ4v) is 5.33. The molecule has 0 aliphatic carbocycles. The number of ether oxygens (including phenoxy) is 3. The van der Waals surface area contributed by atoms with Crippen LogP contribution in [-0.4, -0.2) is 100 Å². The third kappa shape index (κ3) is 5.83. The molecule has 2 saturated heterocycles. The number of aromatic nitrogens is 4. The maximum absolute atomic E-state index is 15.6. The number of hydrogen-bond donors (Lipinski definition) is 1. The first-order valence-corrected chi connectivity index (χ1v) is 13.6. The molecule has 0 radical (unpaired) electrons. The molecule has 2 unspecified atom stereocenters. The van der Waals surface area contributed by atoms with Gasteiger partial charge in [-0.15, -0.1) is 0 Å². The van der Waals surface area contributed by atoms with E-state index in [0.29, 0.717) is 44.3 Å². The molecule has 1 amide bonds. The van der Waals surface area contributed by atoms with E-state index in [0.717, 1.165) is 22.0 Å². The summed E-state index contributed by atoms with van der Waals surface area (Å²) in [5.41, 5.74) is 2.00. The van der Waals surface area contributed by atoms with Crippen molar-refractivity contribution in [1.29, 1.82) is 0 Å². The fourth-order valence-electron chi connectivity index (χ4n) is 5.33. The zero-order valence-electron chi connectivity index (χ0n) is 23.6. The number of aliphatic hydroxyl groups excluding tert-OH is 1. The standard InChI is InChI=1S/C28H37FN6O5/c1-17-10-18-13-30-35(25-12-24(31-26(32-25)38-5)33-8-9-39-19(14-33)16-36)23(18)11-21(17)20-6-7-34(15-22(20)29)27(37)40-28(2,3)4/h10-13,19-20,22,36H,6-9,14-16H2,1-5H3/t19-,20?,22?/m0/s1. The molecule has 11 nitrogen and oxygen atoms in total. The van der Waals surface area contributed by atoms with Gasteiger partial charge in [0.2, 0.25) is 0 Å². The molecule has 3 atom stereocenters. The van der Waals surface area contributed by atoms with Gasteiger partial charge in [0.05, 0.1) is 44.7 Å². The molecule has 40 heavy (non-hydrogen) atoms. The zero-order chi connectivity index (χ0) is 28.6. The molecule has 4 heterocycles. The number of hydrogen-bond acceptors (Lipinski definition) is 9. The molecule has 2 aliphatic rings. The molecule has 2 aliphatic heterocycles. The highest BCUT2D eigenvalue weighted by Gasteiger charge is 2.35. The van der Waals surface area contributed by atoms with Crippen molar-refractivity contribution >= 4 is 22.8 Å². The van der Waals surface area contributed by atoms with Crippen molar-refractivity contribution in [2.75, 3.05) is 51.4 Å². The van der Waals surface area contributed by atoms with Crippen LogP contribution in [0.1, 0.15) is 44.2 Å². The van der Waals surface area contributed by atoms with Crippen LogP contribution in [0.3, 0.4) is 0 Å². The Bertz CT molecular complexity index is 1380. The highest BCUT2D eigenvalue weighted by molar-refractivity contribution is 5.82. The van der Waals surface area contributed by atoms with Crippen LogP contribution in [0.25, 0.3) is 16.7 Å². The minimum absolute atomic E-state index is 0.0167. The lowest BCUT2D eigenvalue weighted by Gasteiger charge is -2.36. The van der Waals surface area contributed by atoms with Crippen molar-refractivity contribution in [3.05, 3.63) is 35.5 Å². The van der Waals surface area contributed by atoms with Gasteiger partial charge in [-0.1, -0.05) is 0 Å². The smallest absolute Gasteiger partial charge is 0.410 e. The van der Waals surface area contributed by atoms with E-state index in [1.165, 1.54) is 12.0 Å². The van der Waals surface area contributed by atoms with E-state index >= 15 is 4.39 Å². The van der Waals surface area contributed by atoms with Gasteiger partial charge in [-0.2, -0.15) is 15.1 Å². The van der Waals surface area contributed by atoms with E-state index in [9.17, 15) is 9.90 Å². The van der Waals surface area contributed by atoms with Crippen LogP contribution in [0, 0.1) is 6.92 Å². The van der Waals surface area contributed by atoms with E-state index in [1.54, 1.807) is 31.6 Å². The molecule has 0 bridgehead atoms. The number of fused-ring (bicyclic) bond motifs is 1. The fraction of sp³-hybridized carbons (Fsp3) is 0.571. The van der Waals surface area contributed by atoms with Crippen molar-refractivity contribution in [3.8, 4) is 11.8 Å². The second kappa shape index (κ2) is 11.2. The third-order valence-electron chi connectivity index (χ3n) is 7.29. The third-order valence-corrected chi connectivity index (χ3v) is 7.29. The summed E-state index contributed by atoms with van der Waals surface area (Å²) >= 11 is 0. The Kier molecular flexibility index (Phi) is 7.83. The molecule has 5 rings (SSSR count). The number of alkyl halides is 1. The Morgan fingerprint density at radius 3 is 2.65 bits per heavy atom. The first-order valence-electron chi connectivity index (χ1n) is 13.6. The van der Waals surface area contributed by atoms with E-state index in [2.05, 4.69) is 15.1 Å². The van der Waals surface area contributed by atoms with Gasteiger partial charge in [-0.05, 0) is 57.4 Å². The monoisotopic (exact) mass is 556 g/mol. The van der Waals surface area contributed by atoms with Crippen LogP contribution in [-0.2, 0) is 9.47 Å². The predicted octanol–water partition coefficient (Wildman–Crippen LogP) is 3.39. The van der Waals surface area contributed by atoms with Gasteiger partial charge < -0.3 is 29.1 Å². The molecular formula is C28H37FN6O5. The summed E-state index contributed by atoms with van der Waals surface area (Å²) in [6, 6.07) is 6.00. The number of piperidine rings is 1. The number of carbonyl (C=O) groups excluding carboxylic acids is 1. The van der Waals surface area contributed by atoms with Gasteiger partial charge >= 0.3 is 12.1 Å². The van der Waals surface area contributed by atoms with E-state index in [-0.39, 0.29) is 31.2 Å². The summed E-state index contributed by atoms with van der Waals surface area (Å²) in [7, 11) is 1.51. The molecule has 0 spiro atoms. The van der Waals surface area contributed by atoms with Crippen molar-refractivity contribution in [2.24, 2.45) is 0 Å². The maximum atomic E-state index is 15.6. The average molecular weight is 557 g/mol. The molecule has 2 fully saturated rings. The molecule has 216 valence electrons. The topological polar surface area (TPSA) is 115 Å². The Morgan fingerprint density at radius 1 is 1.18 bits per heavy atom. The Labute approximate surface area is 232 Å². The van der Waals surface area contributed by atoms with Crippen molar-refractivity contribution in [2.45, 2.75) is 57.9 Å². The zero-order valence-corrected chi connectivity index (χ0v) is 23.6. The number of methoxy groups -OCH3 is 1. The molecule has 3 aromatic rings. The van der Waals surface area contributed by atoms with Crippen molar-refractivity contribution < 1.29 is 28.5 Å². The van der Waals surface area contributed by atoms with Gasteiger partial charge in [-0.25, -0.2) is 13.9 Å². The van der Waals surface area contributed by atoms with Crippen LogP contribution < -0.4 is 9.64 Å². The number of anilines is 1. The normalized spacial score (nSPS) is 22.0. The highest BCUT2D eigenvalue weighted by Crippen LogP contribution is 2.36. The summed E-state index contributed by atoms with van der Waals surface area (Å²) in [6.45, 7) is 9.26. The number of likely N-dealkylation sites (tertiary alicyclic amines) is 1. The summed E-state index contributed by atoms with van der Waals surface area (Å²) in [5, 5.41) is 15.1. The number of carbonyl (C=O) groups is 1. The summed E-state index contributed by atoms with van der Waals surface area (Å²) in [4.78, 5) is 25.0. The van der Waals surface area contributed by atoms with Gasteiger partial charge in [0.25, 0.3) is 0 Å². The molecular weight excluding hydrogens is 519 g/mol. The Morgan fingerprint density at radius 2 is 1.95 bits per heavy atom. The summed E-state index contributed by atoms with van der Waals surface area (Å²) in [5.74, 6) is 0.777. The van der Waals surface area contributed by atoms with E-state index in [4.69, 9.17) is 14.2 Å². The van der Waals surface area contributed by atoms with Gasteiger partial charge in [-0.3, -0.25) is 0 Å². The van der Waals surface area contributed by atoms with Gasteiger partial charge in [0, 0.05) is 37.0 Å². The number of aliphatic hydroxyl groups is 1. The minimum atomic E-state index is -1.24. The number of benzene rings is 1. The number of rotatable bonds is 5. The highest BCUT2D eigenvalue weighted by atomic mass is 19.1. The largest absolute Gasteiger partial charge is 0.467 e. The van der Waals surface area contributed by atoms with Crippen LogP contribution in [0.15, 0.2) is 24.4 Å². The van der Waals surface area contributed by atoms with Crippen LogP contribution in [0.5, 0.6) is 6.01 Å². The lowest BCUT2D eigenvalue weighted by atomic mass is 9.85. The summed E-state index contributed by atoms with van der Waals surface area (Å²) in [6.07, 6.45) is 0.215. The second-order valence-electron chi connectivity index (χ2n) is 11.4. The number of nitrogens with zero attached hydrogens (tertiary/aromatic N) is 6. The SMILES string of the molecule is COc1nc(N2CCO[C@H](CO)C2)cc(-n2ncc3cc(C)c(C4CCN(C(=O)OC(C)(C)C)CC4F)cc32)n1. The first-order chi connectivity index (χ1) is 19.1. The quantitative estimate of drug-likeness (QED) is 0.505. The van der Waals surface area contributed by atoms with Crippen LogP contribution in [0.2, 0.25) is 0 Å². The molecule has 1 N–H and O–H groups in total. The number of aryl methyl sites for hydroxylation is 1. The second-order valence-corrected chi connectivity index (χ2v) is 11.4. The van der Waals surface area contributed by atoms with Crippen molar-refractivity contribution in [3.63, 3.8) is 0 Å². The number of halogens is 1. The maximum Gasteiger partial charge on any atom is 0.410 e. The number of amides is 1. The van der Waals surface area contributed by atoms with Crippen LogP contribution in [0.4, 0.5) is 15.0 Å². The van der Waals surface area contributed by atoms with E-state index < -0.39 is 17.9 Å². The predicted molar refractivity (Wildman–Crippen MR) is 147 cm³/mol. The number of morpholine rings is 1. The van der Waals surface area contributed by atoms with Crippen molar-refractivity contribution in [1.82, 2.24) is 24.6 Å². The lowest BCUT2D eigenvalue weighted by molar-refractivity contribution is 0.00333.